The van der Waals surface area contributed by atoms with Gasteiger partial charge in [0, 0.05) is 19.0 Å². The Hall–Kier alpha value is -2.03. The van der Waals surface area contributed by atoms with Gasteiger partial charge < -0.3 is 30.8 Å². The van der Waals surface area contributed by atoms with Crippen molar-refractivity contribution in [2.24, 2.45) is 11.8 Å². The van der Waals surface area contributed by atoms with Crippen LogP contribution in [-0.2, 0) is 11.2 Å². The molecule has 0 bridgehead atoms. The number of carboxylic acids is 1. The fraction of sp³-hybridized carbons (Fsp3) is 0.703. The van der Waals surface area contributed by atoms with Crippen LogP contribution >= 0.6 is 0 Å². The van der Waals surface area contributed by atoms with Crippen LogP contribution in [0.5, 0.6) is 0 Å². The molecule has 1 rings (SSSR count). The van der Waals surface area contributed by atoms with Crippen molar-refractivity contribution >= 4 is 5.97 Å². The van der Waals surface area contributed by atoms with Crippen molar-refractivity contribution in [3.63, 3.8) is 0 Å². The van der Waals surface area contributed by atoms with Gasteiger partial charge in [-0.15, -0.1) is 0 Å². The third-order valence-electron chi connectivity index (χ3n) is 8.33. The average molecular weight is 618 g/mol. The molecule has 0 spiro atoms. The fourth-order valence-corrected chi connectivity index (χ4v) is 5.67. The minimum Gasteiger partial charge on any atom is -0.481 e. The largest absolute Gasteiger partial charge is 0.481 e. The number of hydrogen-bond acceptors (Lipinski definition) is 6. The van der Waals surface area contributed by atoms with E-state index in [-0.39, 0.29) is 25.5 Å². The van der Waals surface area contributed by atoms with E-state index in [0.29, 0.717) is 37.6 Å². The standard InChI is InChI=1S/C37H63NO6/c1-5-6-8-15-33(41)23-22-32(21-19-30-12-9-7-10-13-30)35(25-34(42)27-39)36(38-26-29(4)40)16-11-14-31(18-17-28(2)3)20-24-37(43)44/h7,9-10,12-13,22-23,28-29,31,33-34,36,38-42H,5-6,8,11,14-21,24-27H2,1-4H3,(H,43,44). The lowest BCUT2D eigenvalue weighted by Gasteiger charge is -2.28. The molecule has 1 aromatic carbocycles. The molecular formula is C37H63NO6. The van der Waals surface area contributed by atoms with E-state index < -0.39 is 24.3 Å². The summed E-state index contributed by atoms with van der Waals surface area (Å²) in [5.41, 5.74) is 3.22. The average Bonchev–Trinajstić information content (AvgIpc) is 2.99. The number of aliphatic hydroxyl groups is 4. The topological polar surface area (TPSA) is 130 Å². The first kappa shape index (κ1) is 40.0. The number of benzene rings is 1. The number of hydrogen-bond donors (Lipinski definition) is 6. The third-order valence-corrected chi connectivity index (χ3v) is 8.33. The van der Waals surface area contributed by atoms with Gasteiger partial charge in [-0.05, 0) is 74.0 Å². The van der Waals surface area contributed by atoms with Gasteiger partial charge in [-0.25, -0.2) is 0 Å². The Labute approximate surface area is 267 Å². The Morgan fingerprint density at radius 2 is 1.61 bits per heavy atom. The Morgan fingerprint density at radius 3 is 2.23 bits per heavy atom. The summed E-state index contributed by atoms with van der Waals surface area (Å²) >= 11 is 0. The highest BCUT2D eigenvalue weighted by atomic mass is 16.4. The molecule has 0 fully saturated rings. The summed E-state index contributed by atoms with van der Waals surface area (Å²) in [5.74, 6) is 0.136. The molecule has 5 unspecified atom stereocenters. The Morgan fingerprint density at radius 1 is 0.886 bits per heavy atom. The maximum Gasteiger partial charge on any atom is 0.303 e. The first-order valence-electron chi connectivity index (χ1n) is 17.1. The quantitative estimate of drug-likeness (QED) is 0.0511. The van der Waals surface area contributed by atoms with Gasteiger partial charge in [0.15, 0.2) is 0 Å². The first-order chi connectivity index (χ1) is 21.0. The zero-order valence-corrected chi connectivity index (χ0v) is 28.0. The van der Waals surface area contributed by atoms with Crippen LogP contribution in [0.4, 0.5) is 0 Å². The van der Waals surface area contributed by atoms with Crippen LogP contribution in [0.2, 0.25) is 0 Å². The molecule has 44 heavy (non-hydrogen) atoms. The second kappa shape index (κ2) is 24.2. The molecule has 0 saturated carbocycles. The number of nitrogens with one attached hydrogen (secondary N) is 1. The van der Waals surface area contributed by atoms with Crippen molar-refractivity contribution in [3.05, 3.63) is 59.2 Å². The molecule has 0 saturated heterocycles. The van der Waals surface area contributed by atoms with Crippen LogP contribution in [0.15, 0.2) is 53.6 Å². The highest BCUT2D eigenvalue weighted by Gasteiger charge is 2.22. The molecule has 7 nitrogen and oxygen atoms in total. The second-order valence-electron chi connectivity index (χ2n) is 13.0. The van der Waals surface area contributed by atoms with Crippen molar-refractivity contribution in [1.82, 2.24) is 5.32 Å². The van der Waals surface area contributed by atoms with Gasteiger partial charge in [0.05, 0.1) is 24.9 Å². The molecule has 1 aromatic rings. The van der Waals surface area contributed by atoms with Gasteiger partial charge in [-0.2, -0.15) is 0 Å². The van der Waals surface area contributed by atoms with Crippen molar-refractivity contribution in [2.75, 3.05) is 13.2 Å². The Bertz CT molecular complexity index is 929. The summed E-state index contributed by atoms with van der Waals surface area (Å²) in [6, 6.07) is 10.1. The minimum atomic E-state index is -0.926. The van der Waals surface area contributed by atoms with Crippen molar-refractivity contribution < 1.29 is 30.3 Å². The van der Waals surface area contributed by atoms with Crippen LogP contribution in [0.3, 0.4) is 0 Å². The minimum absolute atomic E-state index is 0.149. The number of carboxylic acid groups (broad SMARTS) is 1. The zero-order valence-electron chi connectivity index (χ0n) is 28.0. The number of unbranched alkanes of at least 4 members (excludes halogenated alkanes) is 2. The van der Waals surface area contributed by atoms with Gasteiger partial charge in [-0.1, -0.05) is 108 Å². The van der Waals surface area contributed by atoms with Gasteiger partial charge in [0.1, 0.15) is 0 Å². The van der Waals surface area contributed by atoms with Crippen LogP contribution in [0.25, 0.3) is 0 Å². The van der Waals surface area contributed by atoms with E-state index in [2.05, 4.69) is 38.2 Å². The summed E-state index contributed by atoms with van der Waals surface area (Å²) in [4.78, 5) is 11.3. The van der Waals surface area contributed by atoms with Crippen LogP contribution < -0.4 is 5.32 Å². The van der Waals surface area contributed by atoms with Crippen molar-refractivity contribution in [3.8, 4) is 0 Å². The summed E-state index contributed by atoms with van der Waals surface area (Å²) in [6.07, 6.45) is 12.9. The third kappa shape index (κ3) is 19.4. The lowest BCUT2D eigenvalue weighted by atomic mass is 9.85. The molecule has 0 heterocycles. The smallest absolute Gasteiger partial charge is 0.303 e. The molecule has 7 heteroatoms. The highest BCUT2D eigenvalue weighted by Crippen LogP contribution is 2.28. The SMILES string of the molecule is CCCCCC(O)C=CC(CCc1ccccc1)=C(CC(O)CO)C(CCCC(CCC(=O)O)CCC(C)C)NCC(C)O. The molecule has 0 amide bonds. The number of aliphatic hydroxyl groups excluding tert-OH is 4. The number of aliphatic carboxylic acids is 1. The van der Waals surface area contributed by atoms with E-state index in [4.69, 9.17) is 0 Å². The highest BCUT2D eigenvalue weighted by molar-refractivity contribution is 5.66. The maximum atomic E-state index is 11.3. The predicted octanol–water partition coefficient (Wildman–Crippen LogP) is 6.58. The molecular weight excluding hydrogens is 554 g/mol. The van der Waals surface area contributed by atoms with Crippen LogP contribution in [-0.4, -0.2) is 69.0 Å². The van der Waals surface area contributed by atoms with Crippen molar-refractivity contribution in [1.29, 1.82) is 0 Å². The summed E-state index contributed by atoms with van der Waals surface area (Å²) in [6.45, 7) is 8.30. The Balaban J connectivity index is 3.38. The normalized spacial score (nSPS) is 16.1. The molecule has 0 aliphatic carbocycles. The van der Waals surface area contributed by atoms with E-state index in [1.54, 1.807) is 6.92 Å². The zero-order chi connectivity index (χ0) is 32.7. The molecule has 0 aromatic heterocycles. The maximum absolute atomic E-state index is 11.3. The van der Waals surface area contributed by atoms with Gasteiger partial charge >= 0.3 is 5.97 Å². The van der Waals surface area contributed by atoms with Crippen LogP contribution in [0.1, 0.15) is 117 Å². The number of allylic oxidation sites excluding steroid dienone is 2. The monoisotopic (exact) mass is 617 g/mol. The fourth-order valence-electron chi connectivity index (χ4n) is 5.67. The summed E-state index contributed by atoms with van der Waals surface area (Å²) < 4.78 is 0. The summed E-state index contributed by atoms with van der Waals surface area (Å²) in [7, 11) is 0. The van der Waals surface area contributed by atoms with Gasteiger partial charge in [0.25, 0.3) is 0 Å². The van der Waals surface area contributed by atoms with E-state index >= 15 is 0 Å². The number of rotatable bonds is 26. The van der Waals surface area contributed by atoms with E-state index in [1.807, 2.05) is 30.4 Å². The summed E-state index contributed by atoms with van der Waals surface area (Å²) in [5, 5.41) is 54.2. The molecule has 0 radical (unpaired) electrons. The molecule has 0 aliphatic rings. The van der Waals surface area contributed by atoms with E-state index in [1.165, 1.54) is 5.56 Å². The van der Waals surface area contributed by atoms with E-state index in [0.717, 1.165) is 68.9 Å². The molecule has 0 aliphatic heterocycles. The number of aryl methyl sites for hydroxylation is 1. The molecule has 6 N–H and O–H groups in total. The van der Waals surface area contributed by atoms with Crippen LogP contribution in [0, 0.1) is 11.8 Å². The van der Waals surface area contributed by atoms with Gasteiger partial charge in [0.2, 0.25) is 0 Å². The molecule has 5 atom stereocenters. The first-order valence-corrected chi connectivity index (χ1v) is 17.1. The lowest BCUT2D eigenvalue weighted by molar-refractivity contribution is -0.137. The predicted molar refractivity (Wildman–Crippen MR) is 181 cm³/mol. The lowest BCUT2D eigenvalue weighted by Crippen LogP contribution is -2.38. The van der Waals surface area contributed by atoms with E-state index in [9.17, 15) is 30.3 Å². The number of carbonyl (C=O) groups is 1. The molecule has 252 valence electrons. The Kier molecular flexibility index (Phi) is 22.0. The van der Waals surface area contributed by atoms with Crippen molar-refractivity contribution in [2.45, 2.75) is 142 Å². The second-order valence-corrected chi connectivity index (χ2v) is 13.0. The van der Waals surface area contributed by atoms with Gasteiger partial charge in [-0.3, -0.25) is 4.79 Å².